The fourth-order valence-corrected chi connectivity index (χ4v) is 4.22. The van der Waals surface area contributed by atoms with E-state index in [1.54, 1.807) is 0 Å². The van der Waals surface area contributed by atoms with Crippen LogP contribution in [0.25, 0.3) is 11.0 Å². The number of likely N-dealkylation sites (tertiary alicyclic amines) is 1. The van der Waals surface area contributed by atoms with E-state index in [0.717, 1.165) is 36.7 Å². The second-order valence-corrected chi connectivity index (χ2v) is 9.56. The Morgan fingerprint density at radius 3 is 2.61 bits per heavy atom. The highest BCUT2D eigenvalue weighted by atomic mass is 16.2. The first-order valence-corrected chi connectivity index (χ1v) is 12.1. The highest BCUT2D eigenvalue weighted by molar-refractivity contribution is 5.92. The molecule has 1 saturated heterocycles. The van der Waals surface area contributed by atoms with Gasteiger partial charge in [-0.15, -0.1) is 0 Å². The minimum absolute atomic E-state index is 0.0452. The smallest absolute Gasteiger partial charge is 0.243 e. The molecule has 2 aromatic rings. The number of hydrogen-bond acceptors (Lipinski definition) is 4. The van der Waals surface area contributed by atoms with Gasteiger partial charge in [0, 0.05) is 19.0 Å². The van der Waals surface area contributed by atoms with Crippen LogP contribution in [0.5, 0.6) is 0 Å². The second kappa shape index (κ2) is 11.3. The minimum atomic E-state index is -0.918. The Hall–Kier alpha value is -2.90. The van der Waals surface area contributed by atoms with Gasteiger partial charge in [0.25, 0.3) is 0 Å². The van der Waals surface area contributed by atoms with Gasteiger partial charge in [-0.25, -0.2) is 4.98 Å². The van der Waals surface area contributed by atoms with Gasteiger partial charge in [-0.3, -0.25) is 14.4 Å². The zero-order valence-electron chi connectivity index (χ0n) is 20.2. The summed E-state index contributed by atoms with van der Waals surface area (Å²) in [7, 11) is 0. The highest BCUT2D eigenvalue weighted by Crippen LogP contribution is 2.19. The molecule has 1 fully saturated rings. The van der Waals surface area contributed by atoms with Gasteiger partial charge in [-0.1, -0.05) is 26.0 Å². The Bertz CT molecular complexity index is 937. The van der Waals surface area contributed by atoms with E-state index in [2.05, 4.69) is 20.6 Å². The van der Waals surface area contributed by atoms with Crippen molar-refractivity contribution < 1.29 is 14.4 Å². The molecule has 1 aliphatic heterocycles. The topological polar surface area (TPSA) is 107 Å². The van der Waals surface area contributed by atoms with E-state index in [1.807, 2.05) is 56.9 Å². The van der Waals surface area contributed by atoms with Gasteiger partial charge in [0.15, 0.2) is 0 Å². The standard InChI is InChI=1S/C25H37N5O3/c1-16(2)12-13-22(31)27-21(15-23(32)30-14-8-7-9-17(30)3)25(33)26-18(4)24-28-19-10-5-6-11-20(19)29-24/h5-6,10-11,16-18,21H,7-9,12-15H2,1-4H3,(H,26,33)(H,27,31)(H,28,29)/t17-,18+,21-/m0/s1. The van der Waals surface area contributed by atoms with E-state index in [0.29, 0.717) is 24.7 Å². The number of aromatic nitrogens is 2. The van der Waals surface area contributed by atoms with Crippen molar-refractivity contribution in [2.24, 2.45) is 5.92 Å². The van der Waals surface area contributed by atoms with Crippen molar-refractivity contribution in [2.45, 2.75) is 84.3 Å². The summed E-state index contributed by atoms with van der Waals surface area (Å²) in [6.45, 7) is 8.67. The number of para-hydroxylation sites is 2. The number of rotatable bonds is 9. The van der Waals surface area contributed by atoms with Crippen molar-refractivity contribution in [3.05, 3.63) is 30.1 Å². The molecule has 8 heteroatoms. The maximum Gasteiger partial charge on any atom is 0.243 e. The third-order valence-electron chi connectivity index (χ3n) is 6.28. The summed E-state index contributed by atoms with van der Waals surface area (Å²) < 4.78 is 0. The maximum atomic E-state index is 13.2. The van der Waals surface area contributed by atoms with Crippen LogP contribution >= 0.6 is 0 Å². The van der Waals surface area contributed by atoms with Gasteiger partial charge in [-0.05, 0) is 57.6 Å². The number of carbonyl (C=O) groups excluding carboxylic acids is 3. The normalized spacial score (nSPS) is 18.2. The van der Waals surface area contributed by atoms with Gasteiger partial charge in [-0.2, -0.15) is 0 Å². The van der Waals surface area contributed by atoms with Gasteiger partial charge < -0.3 is 20.5 Å². The molecule has 3 N–H and O–H groups in total. The largest absolute Gasteiger partial charge is 0.345 e. The molecule has 0 saturated carbocycles. The molecular formula is C25H37N5O3. The quantitative estimate of drug-likeness (QED) is 0.538. The van der Waals surface area contributed by atoms with E-state index < -0.39 is 12.1 Å². The average molecular weight is 456 g/mol. The minimum Gasteiger partial charge on any atom is -0.345 e. The summed E-state index contributed by atoms with van der Waals surface area (Å²) in [4.78, 5) is 48.3. The summed E-state index contributed by atoms with van der Waals surface area (Å²) in [6.07, 6.45) is 4.05. The summed E-state index contributed by atoms with van der Waals surface area (Å²) >= 11 is 0. The molecule has 0 aliphatic carbocycles. The van der Waals surface area contributed by atoms with Crippen LogP contribution in [-0.4, -0.2) is 51.2 Å². The number of carbonyl (C=O) groups is 3. The molecule has 3 rings (SSSR count). The van der Waals surface area contributed by atoms with Gasteiger partial charge in [0.1, 0.15) is 11.9 Å². The lowest BCUT2D eigenvalue weighted by atomic mass is 10.0. The lowest BCUT2D eigenvalue weighted by Crippen LogP contribution is -2.51. The van der Waals surface area contributed by atoms with Crippen molar-refractivity contribution in [3.8, 4) is 0 Å². The zero-order valence-corrected chi connectivity index (χ0v) is 20.2. The van der Waals surface area contributed by atoms with E-state index in [-0.39, 0.29) is 30.2 Å². The Morgan fingerprint density at radius 1 is 1.15 bits per heavy atom. The molecule has 1 aliphatic rings. The summed E-state index contributed by atoms with van der Waals surface area (Å²) in [5.41, 5.74) is 1.71. The Kier molecular flexibility index (Phi) is 8.47. The lowest BCUT2D eigenvalue weighted by molar-refractivity contribution is -0.138. The number of benzene rings is 1. The monoisotopic (exact) mass is 455 g/mol. The van der Waals surface area contributed by atoms with Crippen LogP contribution < -0.4 is 10.6 Å². The van der Waals surface area contributed by atoms with Gasteiger partial charge in [0.05, 0.1) is 23.5 Å². The number of piperidine rings is 1. The molecule has 180 valence electrons. The van der Waals surface area contributed by atoms with E-state index in [4.69, 9.17) is 0 Å². The van der Waals surface area contributed by atoms with Crippen LogP contribution in [-0.2, 0) is 14.4 Å². The number of H-pyrrole nitrogens is 1. The third-order valence-corrected chi connectivity index (χ3v) is 6.28. The fourth-order valence-electron chi connectivity index (χ4n) is 4.22. The Labute approximate surface area is 195 Å². The summed E-state index contributed by atoms with van der Waals surface area (Å²) in [5.74, 6) is 0.332. The van der Waals surface area contributed by atoms with Crippen LogP contribution in [0.3, 0.4) is 0 Å². The van der Waals surface area contributed by atoms with Crippen LogP contribution in [0.2, 0.25) is 0 Å². The predicted molar refractivity (Wildman–Crippen MR) is 128 cm³/mol. The van der Waals surface area contributed by atoms with Crippen LogP contribution in [0.4, 0.5) is 0 Å². The third kappa shape index (κ3) is 6.79. The van der Waals surface area contributed by atoms with Crippen molar-refractivity contribution in [1.29, 1.82) is 0 Å². The molecule has 3 atom stereocenters. The van der Waals surface area contributed by atoms with Crippen LogP contribution in [0, 0.1) is 5.92 Å². The van der Waals surface area contributed by atoms with Crippen molar-refractivity contribution in [2.75, 3.05) is 6.54 Å². The first-order valence-electron chi connectivity index (χ1n) is 12.1. The van der Waals surface area contributed by atoms with Crippen molar-refractivity contribution in [1.82, 2.24) is 25.5 Å². The van der Waals surface area contributed by atoms with E-state index >= 15 is 0 Å². The number of nitrogens with one attached hydrogen (secondary N) is 3. The molecule has 3 amide bonds. The molecule has 0 radical (unpaired) electrons. The number of imidazole rings is 1. The molecule has 33 heavy (non-hydrogen) atoms. The summed E-state index contributed by atoms with van der Waals surface area (Å²) in [6, 6.07) is 6.50. The molecule has 1 aromatic carbocycles. The first-order chi connectivity index (χ1) is 15.7. The molecule has 0 bridgehead atoms. The Morgan fingerprint density at radius 2 is 1.91 bits per heavy atom. The molecule has 0 spiro atoms. The molecule has 2 heterocycles. The number of hydrogen-bond donors (Lipinski definition) is 3. The molecule has 8 nitrogen and oxygen atoms in total. The first kappa shape index (κ1) is 24.7. The zero-order chi connectivity index (χ0) is 24.0. The number of amides is 3. The highest BCUT2D eigenvalue weighted by Gasteiger charge is 2.30. The number of fused-ring (bicyclic) bond motifs is 1. The number of nitrogens with zero attached hydrogens (tertiary/aromatic N) is 2. The fraction of sp³-hybridized carbons (Fsp3) is 0.600. The van der Waals surface area contributed by atoms with Crippen molar-refractivity contribution >= 4 is 28.8 Å². The maximum absolute atomic E-state index is 13.2. The van der Waals surface area contributed by atoms with Gasteiger partial charge >= 0.3 is 0 Å². The van der Waals surface area contributed by atoms with Gasteiger partial charge in [0.2, 0.25) is 17.7 Å². The SMILES string of the molecule is CC(C)CCC(=O)N[C@@H](CC(=O)N1CCCC[C@@H]1C)C(=O)N[C@H](C)c1nc2ccccc2[nH]1. The van der Waals surface area contributed by atoms with E-state index in [9.17, 15) is 14.4 Å². The van der Waals surface area contributed by atoms with Crippen LogP contribution in [0.15, 0.2) is 24.3 Å². The number of aromatic amines is 1. The predicted octanol–water partition coefficient (Wildman–Crippen LogP) is 3.45. The Balaban J connectivity index is 1.69. The summed E-state index contributed by atoms with van der Waals surface area (Å²) in [5, 5.41) is 5.74. The lowest BCUT2D eigenvalue weighted by Gasteiger charge is -2.34. The second-order valence-electron chi connectivity index (χ2n) is 9.56. The molecular weight excluding hydrogens is 418 g/mol. The molecule has 1 aromatic heterocycles. The van der Waals surface area contributed by atoms with Crippen molar-refractivity contribution in [3.63, 3.8) is 0 Å². The molecule has 0 unspecified atom stereocenters. The van der Waals surface area contributed by atoms with E-state index in [1.165, 1.54) is 0 Å². The average Bonchev–Trinajstić information content (AvgIpc) is 3.22. The van der Waals surface area contributed by atoms with Crippen LogP contribution in [0.1, 0.15) is 78.1 Å².